The zero-order valence-electron chi connectivity index (χ0n) is 11.5. The lowest BCUT2D eigenvalue weighted by Gasteiger charge is -2.37. The summed E-state index contributed by atoms with van der Waals surface area (Å²) in [5.74, 6) is -0.805. The summed E-state index contributed by atoms with van der Waals surface area (Å²) in [5, 5.41) is 24.0. The Bertz CT molecular complexity index is 553. The quantitative estimate of drug-likeness (QED) is 0.704. The second-order valence-electron chi connectivity index (χ2n) is 5.64. The van der Waals surface area contributed by atoms with E-state index in [9.17, 15) is 14.7 Å². The van der Waals surface area contributed by atoms with Crippen LogP contribution in [0.15, 0.2) is 5.16 Å². The monoisotopic (exact) mass is 311 g/mol. The van der Waals surface area contributed by atoms with E-state index in [1.807, 2.05) is 0 Å². The van der Waals surface area contributed by atoms with Crippen LogP contribution in [-0.2, 0) is 9.59 Å². The van der Waals surface area contributed by atoms with Crippen LogP contribution in [0, 0.1) is 5.41 Å². The van der Waals surface area contributed by atoms with E-state index in [0.717, 1.165) is 19.3 Å². The minimum absolute atomic E-state index is 0.183. The molecule has 0 spiro atoms. The van der Waals surface area contributed by atoms with Gasteiger partial charge in [-0.3, -0.25) is 9.59 Å². The number of carboxylic acid groups (broad SMARTS) is 1. The number of aromatic nitrogens is 4. The van der Waals surface area contributed by atoms with Gasteiger partial charge in [0.05, 0.1) is 17.2 Å². The first-order chi connectivity index (χ1) is 10.1. The predicted octanol–water partition coefficient (Wildman–Crippen LogP) is 0.471. The molecule has 0 atom stereocenters. The van der Waals surface area contributed by atoms with Gasteiger partial charge in [0.15, 0.2) is 0 Å². The van der Waals surface area contributed by atoms with Crippen LogP contribution in [0.5, 0.6) is 0 Å². The highest BCUT2D eigenvalue weighted by Gasteiger charge is 2.44. The Labute approximate surface area is 125 Å². The first-order valence-electron chi connectivity index (χ1n) is 7.01. The maximum absolute atomic E-state index is 11.8. The minimum atomic E-state index is -0.820. The number of nitrogens with one attached hydrogen (secondary N) is 1. The zero-order valence-corrected chi connectivity index (χ0v) is 12.3. The van der Waals surface area contributed by atoms with E-state index in [1.165, 1.54) is 11.8 Å². The number of thioether (sulfide) groups is 1. The van der Waals surface area contributed by atoms with E-state index in [2.05, 4.69) is 20.8 Å². The molecule has 2 aliphatic rings. The molecular weight excluding hydrogens is 294 g/mol. The molecule has 0 aliphatic heterocycles. The number of tetrazole rings is 1. The summed E-state index contributed by atoms with van der Waals surface area (Å²) in [5.41, 5.74) is -0.754. The van der Waals surface area contributed by atoms with Crippen molar-refractivity contribution in [1.82, 2.24) is 25.5 Å². The third kappa shape index (κ3) is 3.02. The van der Waals surface area contributed by atoms with E-state index in [4.69, 9.17) is 0 Å². The number of aliphatic carboxylic acids is 1. The maximum atomic E-state index is 11.8. The number of carboxylic acids is 1. The van der Waals surface area contributed by atoms with Crippen molar-refractivity contribution in [2.24, 2.45) is 5.41 Å². The van der Waals surface area contributed by atoms with E-state index in [-0.39, 0.29) is 18.2 Å². The Balaban J connectivity index is 1.46. The SMILES string of the molecule is O=C(CSc1nnnn1C1CC1)NCC1(C(=O)O)CCC1. The van der Waals surface area contributed by atoms with Crippen LogP contribution in [-0.4, -0.2) is 49.5 Å². The summed E-state index contributed by atoms with van der Waals surface area (Å²) in [6, 6.07) is 0.371. The second kappa shape index (κ2) is 5.63. The van der Waals surface area contributed by atoms with Gasteiger partial charge in [-0.15, -0.1) is 5.10 Å². The summed E-state index contributed by atoms with van der Waals surface area (Å²) in [6.45, 7) is 0.204. The molecule has 1 amide bonds. The van der Waals surface area contributed by atoms with Gasteiger partial charge < -0.3 is 10.4 Å². The number of hydrogen-bond acceptors (Lipinski definition) is 6. The molecule has 2 fully saturated rings. The van der Waals surface area contributed by atoms with Gasteiger partial charge in [0, 0.05) is 6.54 Å². The Morgan fingerprint density at radius 1 is 1.43 bits per heavy atom. The molecule has 3 rings (SSSR count). The largest absolute Gasteiger partial charge is 0.481 e. The molecule has 0 aromatic carbocycles. The average molecular weight is 311 g/mol. The van der Waals surface area contributed by atoms with Gasteiger partial charge in [0.2, 0.25) is 11.1 Å². The van der Waals surface area contributed by atoms with E-state index < -0.39 is 11.4 Å². The zero-order chi connectivity index (χ0) is 14.9. The van der Waals surface area contributed by atoms with Crippen molar-refractivity contribution in [2.75, 3.05) is 12.3 Å². The van der Waals surface area contributed by atoms with E-state index in [1.54, 1.807) is 4.68 Å². The Morgan fingerprint density at radius 3 is 2.76 bits per heavy atom. The molecule has 2 N–H and O–H groups in total. The Morgan fingerprint density at radius 2 is 2.19 bits per heavy atom. The van der Waals surface area contributed by atoms with Gasteiger partial charge in [-0.2, -0.15) is 0 Å². The highest BCUT2D eigenvalue weighted by molar-refractivity contribution is 7.99. The predicted molar refractivity (Wildman–Crippen MR) is 73.7 cm³/mol. The highest BCUT2D eigenvalue weighted by Crippen LogP contribution is 2.40. The molecule has 0 radical (unpaired) electrons. The lowest BCUT2D eigenvalue weighted by molar-refractivity contribution is -0.154. The van der Waals surface area contributed by atoms with Gasteiger partial charge in [-0.1, -0.05) is 18.2 Å². The normalized spacial score (nSPS) is 19.8. The average Bonchev–Trinajstić information content (AvgIpc) is 3.13. The smallest absolute Gasteiger partial charge is 0.311 e. The molecule has 0 unspecified atom stereocenters. The van der Waals surface area contributed by atoms with Crippen molar-refractivity contribution >= 4 is 23.6 Å². The third-order valence-electron chi connectivity index (χ3n) is 4.08. The molecule has 9 heteroatoms. The van der Waals surface area contributed by atoms with Gasteiger partial charge >= 0.3 is 5.97 Å². The summed E-state index contributed by atoms with van der Waals surface area (Å²) in [4.78, 5) is 23.0. The van der Waals surface area contributed by atoms with Crippen molar-refractivity contribution in [1.29, 1.82) is 0 Å². The van der Waals surface area contributed by atoms with Crippen molar-refractivity contribution in [3.8, 4) is 0 Å². The van der Waals surface area contributed by atoms with Crippen LogP contribution in [0.3, 0.4) is 0 Å². The van der Waals surface area contributed by atoms with E-state index >= 15 is 0 Å². The molecule has 8 nitrogen and oxygen atoms in total. The number of hydrogen-bond donors (Lipinski definition) is 2. The summed E-state index contributed by atoms with van der Waals surface area (Å²) in [7, 11) is 0. The molecular formula is C12H17N5O3S. The van der Waals surface area contributed by atoms with Crippen molar-refractivity contribution in [3.63, 3.8) is 0 Å². The number of nitrogens with zero attached hydrogens (tertiary/aromatic N) is 4. The summed E-state index contributed by atoms with van der Waals surface area (Å²) >= 11 is 1.28. The summed E-state index contributed by atoms with van der Waals surface area (Å²) < 4.78 is 1.75. The first-order valence-corrected chi connectivity index (χ1v) is 8.00. The number of carbonyl (C=O) groups excluding carboxylic acids is 1. The molecule has 21 heavy (non-hydrogen) atoms. The molecule has 0 saturated heterocycles. The second-order valence-corrected chi connectivity index (χ2v) is 6.58. The van der Waals surface area contributed by atoms with Crippen molar-refractivity contribution in [3.05, 3.63) is 0 Å². The molecule has 1 heterocycles. The highest BCUT2D eigenvalue weighted by atomic mass is 32.2. The van der Waals surface area contributed by atoms with Crippen molar-refractivity contribution in [2.45, 2.75) is 43.3 Å². The van der Waals surface area contributed by atoms with Gasteiger partial charge in [-0.25, -0.2) is 4.68 Å². The fraction of sp³-hybridized carbons (Fsp3) is 0.750. The van der Waals surface area contributed by atoms with Crippen LogP contribution < -0.4 is 5.32 Å². The minimum Gasteiger partial charge on any atom is -0.481 e. The van der Waals surface area contributed by atoms with Gasteiger partial charge in [-0.05, 0) is 36.1 Å². The Hall–Kier alpha value is -1.64. The van der Waals surface area contributed by atoms with Crippen molar-refractivity contribution < 1.29 is 14.7 Å². The molecule has 114 valence electrons. The summed E-state index contributed by atoms with van der Waals surface area (Å²) in [6.07, 6.45) is 4.33. The maximum Gasteiger partial charge on any atom is 0.311 e. The standard InChI is InChI=1S/C12H17N5O3S/c18-9(13-7-12(10(19)20)4-1-5-12)6-21-11-14-15-16-17(11)8-2-3-8/h8H,1-7H2,(H,13,18)(H,19,20). The fourth-order valence-electron chi connectivity index (χ4n) is 2.35. The Kier molecular flexibility index (Phi) is 3.83. The topological polar surface area (TPSA) is 110 Å². The van der Waals surface area contributed by atoms with E-state index in [0.29, 0.717) is 24.0 Å². The lowest BCUT2D eigenvalue weighted by atomic mass is 9.69. The van der Waals surface area contributed by atoms with Gasteiger partial charge in [0.1, 0.15) is 0 Å². The molecule has 2 aliphatic carbocycles. The van der Waals surface area contributed by atoms with Gasteiger partial charge in [0.25, 0.3) is 0 Å². The molecule has 2 saturated carbocycles. The lowest BCUT2D eigenvalue weighted by Crippen LogP contribution is -2.47. The first kappa shape index (κ1) is 14.3. The third-order valence-corrected chi connectivity index (χ3v) is 5.01. The van der Waals surface area contributed by atoms with Crippen LogP contribution in [0.2, 0.25) is 0 Å². The number of carbonyl (C=O) groups is 2. The van der Waals surface area contributed by atoms with Crippen LogP contribution >= 0.6 is 11.8 Å². The fourth-order valence-corrected chi connectivity index (χ4v) is 3.12. The molecule has 1 aromatic rings. The molecule has 1 aromatic heterocycles. The van der Waals surface area contributed by atoms with Crippen LogP contribution in [0.1, 0.15) is 38.1 Å². The number of amides is 1. The van der Waals surface area contributed by atoms with Crippen LogP contribution in [0.4, 0.5) is 0 Å². The number of rotatable bonds is 7. The molecule has 0 bridgehead atoms. The van der Waals surface area contributed by atoms with Crippen LogP contribution in [0.25, 0.3) is 0 Å².